The van der Waals surface area contributed by atoms with Crippen molar-refractivity contribution in [1.29, 1.82) is 5.26 Å². The van der Waals surface area contributed by atoms with Crippen molar-refractivity contribution in [3.63, 3.8) is 0 Å². The summed E-state index contributed by atoms with van der Waals surface area (Å²) < 4.78 is 11.1. The maximum absolute atomic E-state index is 12.5. The van der Waals surface area contributed by atoms with Crippen molar-refractivity contribution >= 4 is 23.9 Å². The van der Waals surface area contributed by atoms with E-state index in [-0.39, 0.29) is 11.1 Å². The summed E-state index contributed by atoms with van der Waals surface area (Å²) in [6.45, 7) is 3.96. The van der Waals surface area contributed by atoms with Gasteiger partial charge in [-0.2, -0.15) is 5.26 Å². The third-order valence-corrected chi connectivity index (χ3v) is 4.97. The molecular weight excluding hydrogens is 396 g/mol. The minimum atomic E-state index is -0.620. The van der Waals surface area contributed by atoms with E-state index < -0.39 is 17.8 Å². The molecule has 0 aliphatic carbocycles. The van der Waals surface area contributed by atoms with Crippen molar-refractivity contribution in [2.75, 3.05) is 13.7 Å². The van der Waals surface area contributed by atoms with Crippen LogP contribution in [0.25, 0.3) is 17.4 Å². The second-order valence-electron chi connectivity index (χ2n) is 7.11. The highest BCUT2D eigenvalue weighted by Crippen LogP contribution is 2.29. The lowest BCUT2D eigenvalue weighted by molar-refractivity contribution is -0.138. The van der Waals surface area contributed by atoms with Crippen LogP contribution in [0.2, 0.25) is 0 Å². The van der Waals surface area contributed by atoms with Gasteiger partial charge in [0.05, 0.1) is 12.2 Å². The predicted octanol–water partition coefficient (Wildman–Crippen LogP) is 4.13. The summed E-state index contributed by atoms with van der Waals surface area (Å²) in [4.78, 5) is 37.7. The topological polar surface area (TPSA) is 101 Å². The average Bonchev–Trinajstić information content (AvgIpc) is 3.25. The molecule has 2 amide bonds. The van der Waals surface area contributed by atoms with Crippen molar-refractivity contribution in [2.45, 2.75) is 26.7 Å². The molecule has 31 heavy (non-hydrogen) atoms. The average molecular weight is 418 g/mol. The van der Waals surface area contributed by atoms with Crippen LogP contribution in [0, 0.1) is 11.3 Å². The molecule has 158 valence electrons. The molecule has 2 aromatic rings. The van der Waals surface area contributed by atoms with Crippen molar-refractivity contribution in [3.8, 4) is 17.4 Å². The van der Waals surface area contributed by atoms with Gasteiger partial charge in [0.15, 0.2) is 0 Å². The molecule has 0 N–H and O–H groups in total. The van der Waals surface area contributed by atoms with Crippen LogP contribution in [0.1, 0.15) is 42.8 Å². The molecule has 0 fully saturated rings. The minimum absolute atomic E-state index is 0.0746. The Labute approximate surface area is 180 Å². The molecule has 0 spiro atoms. The summed E-state index contributed by atoms with van der Waals surface area (Å²) in [5, 5.41) is 9.26. The zero-order valence-electron chi connectivity index (χ0n) is 17.6. The Morgan fingerprint density at radius 1 is 1.23 bits per heavy atom. The van der Waals surface area contributed by atoms with E-state index in [1.165, 1.54) is 13.1 Å². The van der Waals surface area contributed by atoms with Gasteiger partial charge in [0.1, 0.15) is 23.2 Å². The first-order valence-electron chi connectivity index (χ1n) is 9.90. The van der Waals surface area contributed by atoms with Crippen LogP contribution >= 0.6 is 0 Å². The number of benzene rings is 1. The number of nitrogens with zero attached hydrogens (tertiary/aromatic N) is 2. The quantitative estimate of drug-likeness (QED) is 0.303. The number of esters is 1. The van der Waals surface area contributed by atoms with Gasteiger partial charge in [-0.3, -0.25) is 14.5 Å². The largest absolute Gasteiger partial charge is 0.462 e. The molecule has 0 atom stereocenters. The highest BCUT2D eigenvalue weighted by molar-refractivity contribution is 6.19. The highest BCUT2D eigenvalue weighted by atomic mass is 16.5. The summed E-state index contributed by atoms with van der Waals surface area (Å²) in [5.41, 5.74) is 1.55. The number of hydrogen-bond donors (Lipinski definition) is 0. The monoisotopic (exact) mass is 418 g/mol. The van der Waals surface area contributed by atoms with Gasteiger partial charge in [-0.05, 0) is 49.3 Å². The third-order valence-electron chi connectivity index (χ3n) is 4.97. The SMILES string of the molecule is CCCCOC(=O)c1cccc(-c2ccc(/C=C3/C(=O)N(C)C(=O)C(C#N)=C3C)o2)c1. The summed E-state index contributed by atoms with van der Waals surface area (Å²) in [7, 11) is 1.33. The van der Waals surface area contributed by atoms with Crippen LogP contribution < -0.4 is 0 Å². The Balaban J connectivity index is 1.89. The molecule has 2 heterocycles. The highest BCUT2D eigenvalue weighted by Gasteiger charge is 2.33. The molecule has 3 rings (SSSR count). The molecule has 0 saturated carbocycles. The molecule has 1 aliphatic rings. The van der Waals surface area contributed by atoms with E-state index in [2.05, 4.69) is 0 Å². The van der Waals surface area contributed by atoms with E-state index in [1.807, 2.05) is 13.0 Å². The fourth-order valence-electron chi connectivity index (χ4n) is 3.12. The number of imide groups is 1. The molecule has 1 aromatic carbocycles. The number of rotatable bonds is 6. The first-order chi connectivity index (χ1) is 14.9. The number of carbonyl (C=O) groups is 3. The molecule has 0 bridgehead atoms. The second kappa shape index (κ2) is 9.26. The van der Waals surface area contributed by atoms with Crippen molar-refractivity contribution in [1.82, 2.24) is 4.90 Å². The van der Waals surface area contributed by atoms with E-state index in [0.717, 1.165) is 17.7 Å². The Kier molecular flexibility index (Phi) is 6.51. The number of amides is 2. The summed E-state index contributed by atoms with van der Waals surface area (Å²) in [6.07, 6.45) is 3.25. The van der Waals surface area contributed by atoms with Crippen LogP contribution in [0.4, 0.5) is 0 Å². The molecule has 7 heteroatoms. The smallest absolute Gasteiger partial charge is 0.338 e. The predicted molar refractivity (Wildman–Crippen MR) is 113 cm³/mol. The maximum Gasteiger partial charge on any atom is 0.338 e. The molecule has 0 saturated heterocycles. The van der Waals surface area contributed by atoms with E-state index >= 15 is 0 Å². The van der Waals surface area contributed by atoms with Gasteiger partial charge in [0.2, 0.25) is 0 Å². The fourth-order valence-corrected chi connectivity index (χ4v) is 3.12. The van der Waals surface area contributed by atoms with Gasteiger partial charge in [-0.15, -0.1) is 0 Å². The first-order valence-corrected chi connectivity index (χ1v) is 9.90. The number of hydrogen-bond acceptors (Lipinski definition) is 6. The molecule has 1 aliphatic heterocycles. The van der Waals surface area contributed by atoms with Crippen molar-refractivity contribution in [2.24, 2.45) is 0 Å². The number of carbonyl (C=O) groups excluding carboxylic acids is 3. The number of nitriles is 1. The van der Waals surface area contributed by atoms with Crippen molar-refractivity contribution in [3.05, 3.63) is 64.4 Å². The lowest BCUT2D eigenvalue weighted by atomic mass is 9.95. The molecular formula is C24H22N2O5. The molecule has 0 unspecified atom stereocenters. The summed E-state index contributed by atoms with van der Waals surface area (Å²) in [6, 6.07) is 12.2. The Morgan fingerprint density at radius 3 is 2.71 bits per heavy atom. The van der Waals surface area contributed by atoms with E-state index in [0.29, 0.717) is 34.8 Å². The van der Waals surface area contributed by atoms with Gasteiger partial charge in [-0.25, -0.2) is 4.79 Å². The summed E-state index contributed by atoms with van der Waals surface area (Å²) in [5.74, 6) is -0.630. The second-order valence-corrected chi connectivity index (χ2v) is 7.11. The Hall–Kier alpha value is -3.92. The van der Waals surface area contributed by atoms with Crippen LogP contribution in [-0.4, -0.2) is 36.3 Å². The lowest BCUT2D eigenvalue weighted by Gasteiger charge is -2.23. The molecule has 7 nitrogen and oxygen atoms in total. The van der Waals surface area contributed by atoms with E-state index in [9.17, 15) is 19.6 Å². The van der Waals surface area contributed by atoms with E-state index in [1.54, 1.807) is 43.3 Å². The van der Waals surface area contributed by atoms with Crippen molar-refractivity contribution < 1.29 is 23.5 Å². The maximum atomic E-state index is 12.5. The number of ether oxygens (including phenoxy) is 1. The standard InChI is InChI=1S/C24H22N2O5/c1-4-5-11-30-24(29)17-8-6-7-16(12-17)21-10-9-18(31-21)13-19-15(2)20(14-25)23(28)26(3)22(19)27/h6-10,12-13H,4-5,11H2,1-3H3/b19-13+. The zero-order chi connectivity index (χ0) is 22.5. The lowest BCUT2D eigenvalue weighted by Crippen LogP contribution is -2.39. The van der Waals surface area contributed by atoms with Gasteiger partial charge in [-0.1, -0.05) is 25.5 Å². The zero-order valence-corrected chi connectivity index (χ0v) is 17.6. The Bertz CT molecular complexity index is 1150. The minimum Gasteiger partial charge on any atom is -0.462 e. The number of unbranched alkanes of at least 4 members (excludes halogenated alkanes) is 1. The molecule has 1 aromatic heterocycles. The normalized spacial score (nSPS) is 15.4. The van der Waals surface area contributed by atoms with Gasteiger partial charge >= 0.3 is 5.97 Å². The van der Waals surface area contributed by atoms with Gasteiger partial charge in [0.25, 0.3) is 11.8 Å². The van der Waals surface area contributed by atoms with Gasteiger partial charge in [0, 0.05) is 18.2 Å². The van der Waals surface area contributed by atoms with Crippen LogP contribution in [0.3, 0.4) is 0 Å². The summed E-state index contributed by atoms with van der Waals surface area (Å²) >= 11 is 0. The van der Waals surface area contributed by atoms with E-state index in [4.69, 9.17) is 9.15 Å². The first kappa shape index (κ1) is 21.8. The van der Waals surface area contributed by atoms with Crippen LogP contribution in [-0.2, 0) is 14.3 Å². The number of likely N-dealkylation sites (N-methyl/N-ethyl adjacent to an activating group) is 1. The molecule has 0 radical (unpaired) electrons. The van der Waals surface area contributed by atoms with Gasteiger partial charge < -0.3 is 9.15 Å². The Morgan fingerprint density at radius 2 is 2.00 bits per heavy atom. The fraction of sp³-hybridized carbons (Fsp3) is 0.250. The van der Waals surface area contributed by atoms with Crippen LogP contribution in [0.5, 0.6) is 0 Å². The van der Waals surface area contributed by atoms with Crippen LogP contribution in [0.15, 0.2) is 57.5 Å². The number of furan rings is 1. The third kappa shape index (κ3) is 4.48.